The monoisotopic (exact) mass is 1060 g/mol. The molecule has 6 amide bonds. The molecule has 0 radical (unpaired) electrons. The van der Waals surface area contributed by atoms with Gasteiger partial charge in [0.05, 0.1) is 54.9 Å². The van der Waals surface area contributed by atoms with Crippen LogP contribution in [0.15, 0.2) is 42.5 Å². The molecule has 2 saturated heterocycles. The standard InChI is InChI=1S/C49H60BClF2N5O14P/c1-47(2,3)70-44(61)36-31(52)15-12-25(39(36)67-7)18-35(50-71-34-20-26-19-33(48(26,4)5)49(34,6)72-50)55-43(60)38(24-10-13-29(14-11-24)73(64,65)66)56-45(62)58-17-16-57(46(58)63)28-21-27(22-28)54-42(59)30-23-32(53)40(68-8)41(69-9)37(30)51/h10-15,23,26-28,33-35,38H,16-22H2,1-9H3,(H,54,59)(H,55,60)(H,56,62)(H2,64,65,66)/t26-,27?,28?,33-,34+,35-,38+,49-/m0/s1. The molecular formula is C49H60BClF2N5O14P. The van der Waals surface area contributed by atoms with Gasteiger partial charge in [0.25, 0.3) is 5.91 Å². The Bertz CT molecular complexity index is 2760. The minimum atomic E-state index is -4.74. The van der Waals surface area contributed by atoms with Crippen LogP contribution in [0.4, 0.5) is 18.4 Å². The normalized spacial score (nSPS) is 24.9. The molecule has 394 valence electrons. The number of amides is 6. The van der Waals surface area contributed by atoms with Gasteiger partial charge in [0.1, 0.15) is 28.8 Å². The van der Waals surface area contributed by atoms with Crippen molar-refractivity contribution in [2.75, 3.05) is 34.4 Å². The van der Waals surface area contributed by atoms with Crippen LogP contribution >= 0.6 is 19.2 Å². The van der Waals surface area contributed by atoms with Gasteiger partial charge >= 0.3 is 32.7 Å². The second-order valence-corrected chi connectivity index (χ2v) is 23.0. The van der Waals surface area contributed by atoms with Gasteiger partial charge < -0.3 is 58.9 Å². The van der Waals surface area contributed by atoms with Gasteiger partial charge in [0.15, 0.2) is 17.3 Å². The number of hydrogen-bond donors (Lipinski definition) is 5. The minimum Gasteiger partial charge on any atom is -0.495 e. The summed E-state index contributed by atoms with van der Waals surface area (Å²) in [6.45, 7) is 11.3. The Hall–Kier alpha value is -5.51. The molecule has 6 fully saturated rings. The Kier molecular flexibility index (Phi) is 14.7. The van der Waals surface area contributed by atoms with Gasteiger partial charge in [-0.15, -0.1) is 0 Å². The topological polar surface area (TPSA) is 241 Å². The van der Waals surface area contributed by atoms with Gasteiger partial charge in [-0.05, 0) is 112 Å². The number of nitrogens with one attached hydrogen (secondary N) is 3. The lowest BCUT2D eigenvalue weighted by Gasteiger charge is -2.64. The zero-order valence-corrected chi connectivity index (χ0v) is 43.5. The summed E-state index contributed by atoms with van der Waals surface area (Å²) in [5.74, 6) is -5.44. The number of ether oxygens (including phenoxy) is 4. The van der Waals surface area contributed by atoms with Crippen LogP contribution in [0.1, 0.15) is 105 Å². The van der Waals surface area contributed by atoms with Gasteiger partial charge in [0.2, 0.25) is 5.91 Å². The molecule has 2 aliphatic heterocycles. The Morgan fingerprint density at radius 1 is 0.918 bits per heavy atom. The first-order chi connectivity index (χ1) is 34.2. The zero-order chi connectivity index (χ0) is 53.3. The third kappa shape index (κ3) is 10.2. The second-order valence-electron chi connectivity index (χ2n) is 21.0. The lowest BCUT2D eigenvalue weighted by Crippen LogP contribution is -2.65. The third-order valence-electron chi connectivity index (χ3n) is 15.1. The van der Waals surface area contributed by atoms with E-state index in [1.807, 2.05) is 6.92 Å². The molecule has 0 unspecified atom stereocenters. The number of carbonyl (C=O) groups excluding carboxylic acids is 5. The first kappa shape index (κ1) is 53.8. The maximum atomic E-state index is 15.6. The van der Waals surface area contributed by atoms with Crippen molar-refractivity contribution >= 4 is 61.5 Å². The Morgan fingerprint density at radius 2 is 1.58 bits per heavy atom. The molecule has 24 heteroatoms. The van der Waals surface area contributed by atoms with Crippen LogP contribution in [-0.2, 0) is 29.8 Å². The molecule has 4 saturated carbocycles. The molecule has 2 heterocycles. The summed E-state index contributed by atoms with van der Waals surface area (Å²) in [6.07, 6.45) is 1.68. The highest BCUT2D eigenvalue weighted by Crippen LogP contribution is 2.66. The number of nitrogens with zero attached hydrogens (tertiary/aromatic N) is 2. The summed E-state index contributed by atoms with van der Waals surface area (Å²) in [6, 6.07) is 4.12. The van der Waals surface area contributed by atoms with Crippen LogP contribution in [-0.4, -0.2) is 126 Å². The summed E-state index contributed by atoms with van der Waals surface area (Å²) in [4.78, 5) is 91.9. The molecule has 2 bridgehead atoms. The maximum Gasteiger partial charge on any atom is 0.482 e. The van der Waals surface area contributed by atoms with E-state index in [0.717, 1.165) is 35.6 Å². The van der Waals surface area contributed by atoms with Crippen molar-refractivity contribution in [2.45, 2.75) is 115 Å². The maximum absolute atomic E-state index is 15.6. The van der Waals surface area contributed by atoms with Crippen LogP contribution < -0.4 is 35.5 Å². The van der Waals surface area contributed by atoms with Gasteiger partial charge in [-0.2, -0.15) is 0 Å². The lowest BCUT2D eigenvalue weighted by atomic mass is 9.43. The van der Waals surface area contributed by atoms with Gasteiger partial charge in [0, 0.05) is 25.2 Å². The fraction of sp³-hybridized carbons (Fsp3) is 0.531. The SMILES string of the molecule is COc1c(F)cc(C(=O)NC2CC(N3CCN(C(=O)N[C@@H](C(=O)N[C@@H](Cc4ccc(F)c(C(=O)OC(C)(C)C)c4OC)B4O[C@@H]5C[C@@H]6C[C@@H](C6(C)C)[C@]5(C)O4)c4ccc(P(=O)(O)O)cc4)C3=O)C2)c(Cl)c1OC. The van der Waals surface area contributed by atoms with E-state index in [2.05, 4.69) is 29.8 Å². The van der Waals surface area contributed by atoms with Crippen molar-refractivity contribution in [2.24, 2.45) is 17.3 Å². The zero-order valence-electron chi connectivity index (χ0n) is 41.9. The average Bonchev–Trinajstić information content (AvgIpc) is 3.87. The van der Waals surface area contributed by atoms with E-state index in [-0.39, 0.29) is 81.2 Å². The Balaban J connectivity index is 1.03. The number of hydrogen-bond acceptors (Lipinski definition) is 12. The summed E-state index contributed by atoms with van der Waals surface area (Å²) in [5, 5.41) is 7.91. The summed E-state index contributed by atoms with van der Waals surface area (Å²) < 4.78 is 77.4. The number of imide groups is 1. The number of methoxy groups -OCH3 is 3. The van der Waals surface area contributed by atoms with Crippen molar-refractivity contribution in [3.8, 4) is 17.2 Å². The first-order valence-corrected chi connectivity index (χ1v) is 25.9. The molecule has 3 aromatic rings. The molecule has 6 atom stereocenters. The highest BCUT2D eigenvalue weighted by molar-refractivity contribution is 7.60. The van der Waals surface area contributed by atoms with Crippen LogP contribution in [0.5, 0.6) is 17.2 Å². The number of rotatable bonds is 15. The predicted octanol–water partition coefficient (Wildman–Crippen LogP) is 5.85. The van der Waals surface area contributed by atoms with Crippen molar-refractivity contribution in [1.82, 2.24) is 25.8 Å². The number of esters is 1. The summed E-state index contributed by atoms with van der Waals surface area (Å²) >= 11 is 6.37. The predicted molar refractivity (Wildman–Crippen MR) is 261 cm³/mol. The highest BCUT2D eigenvalue weighted by atomic mass is 35.5. The quantitative estimate of drug-likeness (QED) is 0.0682. The Labute approximate surface area is 426 Å². The first-order valence-electron chi connectivity index (χ1n) is 23.9. The van der Waals surface area contributed by atoms with Gasteiger partial charge in [-0.1, -0.05) is 43.6 Å². The molecule has 0 aromatic heterocycles. The van der Waals surface area contributed by atoms with E-state index in [0.29, 0.717) is 25.2 Å². The highest BCUT2D eigenvalue weighted by Gasteiger charge is 2.68. The van der Waals surface area contributed by atoms with Gasteiger partial charge in [-0.3, -0.25) is 14.2 Å². The number of carbonyl (C=O) groups is 5. The average molecular weight is 1060 g/mol. The van der Waals surface area contributed by atoms with Gasteiger partial charge in [-0.25, -0.2) is 28.1 Å². The Morgan fingerprint density at radius 3 is 2.18 bits per heavy atom. The van der Waals surface area contributed by atoms with E-state index in [1.54, 1.807) is 20.8 Å². The fourth-order valence-electron chi connectivity index (χ4n) is 11.1. The van der Waals surface area contributed by atoms with Crippen molar-refractivity contribution < 1.29 is 75.4 Å². The van der Waals surface area contributed by atoms with E-state index in [4.69, 9.17) is 39.9 Å². The molecule has 19 nitrogen and oxygen atoms in total. The van der Waals surface area contributed by atoms with E-state index < -0.39 is 97.0 Å². The van der Waals surface area contributed by atoms with Crippen LogP contribution in [0.25, 0.3) is 0 Å². The van der Waals surface area contributed by atoms with E-state index in [9.17, 15) is 42.7 Å². The number of urea groups is 2. The molecule has 6 aliphatic rings. The smallest absolute Gasteiger partial charge is 0.482 e. The molecule has 4 aliphatic carbocycles. The molecule has 3 aromatic carbocycles. The van der Waals surface area contributed by atoms with Crippen LogP contribution in [0.3, 0.4) is 0 Å². The van der Waals surface area contributed by atoms with Crippen molar-refractivity contribution in [3.63, 3.8) is 0 Å². The molecule has 9 rings (SSSR count). The van der Waals surface area contributed by atoms with E-state index >= 15 is 4.39 Å². The van der Waals surface area contributed by atoms with Crippen LogP contribution in [0.2, 0.25) is 5.02 Å². The fourth-order valence-corrected chi connectivity index (χ4v) is 11.9. The molecule has 5 N–H and O–H groups in total. The molecule has 73 heavy (non-hydrogen) atoms. The number of benzene rings is 3. The lowest BCUT2D eigenvalue weighted by molar-refractivity contribution is -0.199. The second kappa shape index (κ2) is 20.0. The largest absolute Gasteiger partial charge is 0.495 e. The van der Waals surface area contributed by atoms with Crippen LogP contribution in [0, 0.1) is 28.9 Å². The summed E-state index contributed by atoms with van der Waals surface area (Å²) in [5.41, 5.74) is -2.09. The van der Waals surface area contributed by atoms with Crippen molar-refractivity contribution in [1.29, 1.82) is 0 Å². The summed E-state index contributed by atoms with van der Waals surface area (Å²) in [7, 11) is -2.11. The molecule has 0 spiro atoms. The molecular weight excluding hydrogens is 998 g/mol. The van der Waals surface area contributed by atoms with Crippen molar-refractivity contribution in [3.05, 3.63) is 81.4 Å². The number of halogens is 3. The van der Waals surface area contributed by atoms with E-state index in [1.165, 1.54) is 44.4 Å². The third-order valence-corrected chi connectivity index (χ3v) is 16.5. The minimum absolute atomic E-state index is 0.0537.